The molecule has 1 N–H and O–H groups in total. The first kappa shape index (κ1) is 9.78. The molecule has 1 fully saturated rings. The highest BCUT2D eigenvalue weighted by Gasteiger charge is 2.30. The van der Waals surface area contributed by atoms with Crippen molar-refractivity contribution in [2.45, 2.75) is 32.2 Å². The van der Waals surface area contributed by atoms with Gasteiger partial charge in [-0.3, -0.25) is 0 Å². The van der Waals surface area contributed by atoms with E-state index < -0.39 is 0 Å². The molecule has 2 rings (SSSR count). The topological polar surface area (TPSA) is 25.2 Å². The normalized spacial score (nSPS) is 29.3. The molecule has 0 bridgehead atoms. The summed E-state index contributed by atoms with van der Waals surface area (Å²) in [6.07, 6.45) is 5.78. The zero-order valence-corrected chi connectivity index (χ0v) is 8.99. The molecule has 1 saturated carbocycles. The summed E-state index contributed by atoms with van der Waals surface area (Å²) in [6, 6.07) is 4.46. The quantitative estimate of drug-likeness (QED) is 0.798. The van der Waals surface area contributed by atoms with Crippen molar-refractivity contribution in [1.82, 2.24) is 5.32 Å². The number of hydrogen-bond acceptors (Lipinski definition) is 2. The summed E-state index contributed by atoms with van der Waals surface area (Å²) in [4.78, 5) is 0. The summed E-state index contributed by atoms with van der Waals surface area (Å²) in [7, 11) is 2.02. The summed E-state index contributed by atoms with van der Waals surface area (Å²) >= 11 is 0. The smallest absolute Gasteiger partial charge is 0.120 e. The summed E-state index contributed by atoms with van der Waals surface area (Å²) < 4.78 is 5.47. The Morgan fingerprint density at radius 2 is 2.36 bits per heavy atom. The maximum Gasteiger partial charge on any atom is 0.120 e. The van der Waals surface area contributed by atoms with E-state index in [4.69, 9.17) is 4.42 Å². The highest BCUT2D eigenvalue weighted by molar-refractivity contribution is 5.06. The number of hydrogen-bond donors (Lipinski definition) is 1. The minimum Gasteiger partial charge on any atom is -0.468 e. The van der Waals surface area contributed by atoms with Gasteiger partial charge < -0.3 is 9.73 Å². The Morgan fingerprint density at radius 3 is 2.86 bits per heavy atom. The minimum atomic E-state index is 0.412. The predicted molar refractivity (Wildman–Crippen MR) is 57.0 cm³/mol. The van der Waals surface area contributed by atoms with E-state index in [-0.39, 0.29) is 0 Å². The lowest BCUT2D eigenvalue weighted by atomic mass is 9.95. The summed E-state index contributed by atoms with van der Waals surface area (Å²) in [5, 5.41) is 3.37. The lowest BCUT2D eigenvalue weighted by Crippen LogP contribution is -2.23. The van der Waals surface area contributed by atoms with Crippen LogP contribution in [0.1, 0.15) is 38.0 Å². The third-order valence-electron chi connectivity index (χ3n) is 3.37. The van der Waals surface area contributed by atoms with Crippen molar-refractivity contribution in [3.63, 3.8) is 0 Å². The van der Waals surface area contributed by atoms with Crippen molar-refractivity contribution in [2.75, 3.05) is 7.05 Å². The second-order valence-corrected chi connectivity index (χ2v) is 4.46. The average Bonchev–Trinajstić information content (AvgIpc) is 2.79. The molecule has 78 valence electrons. The van der Waals surface area contributed by atoms with E-state index >= 15 is 0 Å². The maximum absolute atomic E-state index is 5.47. The molecule has 0 aromatic carbocycles. The lowest BCUT2D eigenvalue weighted by Gasteiger charge is -2.20. The van der Waals surface area contributed by atoms with Crippen molar-refractivity contribution in [1.29, 1.82) is 0 Å². The molecule has 1 aromatic heterocycles. The zero-order chi connectivity index (χ0) is 9.97. The van der Waals surface area contributed by atoms with Gasteiger partial charge in [0.2, 0.25) is 0 Å². The first-order valence-corrected chi connectivity index (χ1v) is 5.52. The predicted octanol–water partition coefficient (Wildman–Crippen LogP) is 2.98. The highest BCUT2D eigenvalue weighted by atomic mass is 16.3. The second kappa shape index (κ2) is 4.18. The Balaban J connectivity index is 2.07. The molecule has 2 heteroatoms. The van der Waals surface area contributed by atoms with Crippen LogP contribution in [0.15, 0.2) is 22.8 Å². The Kier molecular flexibility index (Phi) is 2.92. The van der Waals surface area contributed by atoms with Crippen LogP contribution in [0, 0.1) is 11.8 Å². The van der Waals surface area contributed by atoms with Crippen LogP contribution in [-0.2, 0) is 0 Å². The maximum atomic E-state index is 5.47. The van der Waals surface area contributed by atoms with E-state index in [1.54, 1.807) is 6.26 Å². The van der Waals surface area contributed by atoms with Crippen molar-refractivity contribution in [2.24, 2.45) is 11.8 Å². The van der Waals surface area contributed by atoms with Crippen molar-refractivity contribution in [3.05, 3.63) is 24.2 Å². The SMILES string of the molecule is CNC(c1ccco1)C1CCC(C)C1. The van der Waals surface area contributed by atoms with Gasteiger partial charge in [-0.25, -0.2) is 0 Å². The van der Waals surface area contributed by atoms with Gasteiger partial charge in [0, 0.05) is 0 Å². The van der Waals surface area contributed by atoms with Crippen molar-refractivity contribution < 1.29 is 4.42 Å². The summed E-state index contributed by atoms with van der Waals surface area (Å²) in [5.41, 5.74) is 0. The molecule has 0 aliphatic heterocycles. The van der Waals surface area contributed by atoms with Crippen LogP contribution >= 0.6 is 0 Å². The van der Waals surface area contributed by atoms with Gasteiger partial charge in [-0.1, -0.05) is 13.3 Å². The van der Waals surface area contributed by atoms with Gasteiger partial charge in [0.25, 0.3) is 0 Å². The van der Waals surface area contributed by atoms with Gasteiger partial charge in [0.05, 0.1) is 12.3 Å². The molecule has 3 unspecified atom stereocenters. The lowest BCUT2D eigenvalue weighted by molar-refractivity contribution is 0.322. The molecule has 0 amide bonds. The molecule has 1 aliphatic rings. The second-order valence-electron chi connectivity index (χ2n) is 4.46. The molecular weight excluding hydrogens is 174 g/mol. The average molecular weight is 193 g/mol. The molecule has 0 spiro atoms. The number of nitrogens with one attached hydrogen (secondary N) is 1. The summed E-state index contributed by atoms with van der Waals surface area (Å²) in [6.45, 7) is 2.34. The Morgan fingerprint density at radius 1 is 1.50 bits per heavy atom. The van der Waals surface area contributed by atoms with E-state index in [9.17, 15) is 0 Å². The standard InChI is InChI=1S/C12H19NO/c1-9-5-6-10(8-9)12(13-2)11-4-3-7-14-11/h3-4,7,9-10,12-13H,5-6,8H2,1-2H3. The van der Waals surface area contributed by atoms with Gasteiger partial charge >= 0.3 is 0 Å². The van der Waals surface area contributed by atoms with Crippen LogP contribution in [0.4, 0.5) is 0 Å². The number of rotatable bonds is 3. The fourth-order valence-electron chi connectivity index (χ4n) is 2.63. The fraction of sp³-hybridized carbons (Fsp3) is 0.667. The largest absolute Gasteiger partial charge is 0.468 e. The van der Waals surface area contributed by atoms with Gasteiger partial charge in [0.15, 0.2) is 0 Å². The van der Waals surface area contributed by atoms with Crippen molar-refractivity contribution in [3.8, 4) is 0 Å². The monoisotopic (exact) mass is 193 g/mol. The van der Waals surface area contributed by atoms with Crippen LogP contribution in [0.3, 0.4) is 0 Å². The van der Waals surface area contributed by atoms with E-state index in [0.717, 1.165) is 17.6 Å². The third-order valence-corrected chi connectivity index (χ3v) is 3.37. The van der Waals surface area contributed by atoms with Gasteiger partial charge in [-0.15, -0.1) is 0 Å². The van der Waals surface area contributed by atoms with Crippen LogP contribution in [-0.4, -0.2) is 7.05 Å². The molecule has 1 heterocycles. The molecular formula is C12H19NO. The van der Waals surface area contributed by atoms with Crippen molar-refractivity contribution >= 4 is 0 Å². The van der Waals surface area contributed by atoms with Gasteiger partial charge in [-0.05, 0) is 43.9 Å². The first-order chi connectivity index (χ1) is 6.81. The van der Waals surface area contributed by atoms with Crippen LogP contribution in [0.2, 0.25) is 0 Å². The Bertz CT molecular complexity index is 268. The molecule has 2 nitrogen and oxygen atoms in total. The Hall–Kier alpha value is -0.760. The first-order valence-electron chi connectivity index (χ1n) is 5.52. The fourth-order valence-corrected chi connectivity index (χ4v) is 2.63. The molecule has 0 radical (unpaired) electrons. The Labute approximate surface area is 85.7 Å². The van der Waals surface area contributed by atoms with Gasteiger partial charge in [-0.2, -0.15) is 0 Å². The van der Waals surface area contributed by atoms with Crippen LogP contribution in [0.5, 0.6) is 0 Å². The van der Waals surface area contributed by atoms with E-state index in [1.807, 2.05) is 13.1 Å². The van der Waals surface area contributed by atoms with Crippen LogP contribution < -0.4 is 5.32 Å². The van der Waals surface area contributed by atoms with Crippen LogP contribution in [0.25, 0.3) is 0 Å². The molecule has 3 atom stereocenters. The minimum absolute atomic E-state index is 0.412. The molecule has 0 saturated heterocycles. The van der Waals surface area contributed by atoms with Gasteiger partial charge in [0.1, 0.15) is 5.76 Å². The zero-order valence-electron chi connectivity index (χ0n) is 8.99. The van der Waals surface area contributed by atoms with E-state index in [0.29, 0.717) is 6.04 Å². The molecule has 1 aliphatic carbocycles. The molecule has 14 heavy (non-hydrogen) atoms. The number of furan rings is 1. The molecule has 1 aromatic rings. The third kappa shape index (κ3) is 1.85. The van der Waals surface area contributed by atoms with E-state index in [1.165, 1.54) is 19.3 Å². The highest BCUT2D eigenvalue weighted by Crippen LogP contribution is 2.38. The van der Waals surface area contributed by atoms with E-state index in [2.05, 4.69) is 18.3 Å². The summed E-state index contributed by atoms with van der Waals surface area (Å²) in [5.74, 6) is 2.72.